The van der Waals surface area contributed by atoms with Crippen molar-refractivity contribution in [1.29, 1.82) is 0 Å². The van der Waals surface area contributed by atoms with Crippen molar-refractivity contribution in [2.75, 3.05) is 0 Å². The Balaban J connectivity index is 1.96. The van der Waals surface area contributed by atoms with Crippen molar-refractivity contribution < 1.29 is 4.39 Å². The molecule has 0 aliphatic carbocycles. The highest BCUT2D eigenvalue weighted by Gasteiger charge is 2.01. The summed E-state index contributed by atoms with van der Waals surface area (Å²) in [5.74, 6) is -0.199. The van der Waals surface area contributed by atoms with E-state index < -0.39 is 0 Å². The minimum absolute atomic E-state index is 0.199. The van der Waals surface area contributed by atoms with Gasteiger partial charge in [0.25, 0.3) is 0 Å². The third kappa shape index (κ3) is 3.74. The van der Waals surface area contributed by atoms with E-state index >= 15 is 0 Å². The number of aryl methyl sites for hydroxylation is 1. The fourth-order valence-corrected chi connectivity index (χ4v) is 2.48. The Morgan fingerprint density at radius 2 is 1.67 bits per heavy atom. The van der Waals surface area contributed by atoms with Crippen molar-refractivity contribution in [3.05, 3.63) is 77.0 Å². The van der Waals surface area contributed by atoms with E-state index in [9.17, 15) is 4.39 Å². The zero-order chi connectivity index (χ0) is 13.0. The molecule has 0 saturated heterocycles. The van der Waals surface area contributed by atoms with E-state index in [4.69, 9.17) is 0 Å². The standard InChI is InChI=1S/C16H15FS/c1-12-3-9-16(10-4-12)18-13(2)11-14-5-7-15(17)8-6-14/h3-10H,2,11H2,1H3. The molecule has 0 amide bonds. The summed E-state index contributed by atoms with van der Waals surface area (Å²) >= 11 is 1.66. The molecule has 2 rings (SSSR count). The van der Waals surface area contributed by atoms with Crippen molar-refractivity contribution in [2.45, 2.75) is 18.2 Å². The molecule has 0 bridgehead atoms. The monoisotopic (exact) mass is 258 g/mol. The van der Waals surface area contributed by atoms with Crippen LogP contribution in [0.2, 0.25) is 0 Å². The molecule has 0 fully saturated rings. The number of allylic oxidation sites excluding steroid dienone is 1. The fourth-order valence-electron chi connectivity index (χ4n) is 1.64. The van der Waals surface area contributed by atoms with Gasteiger partial charge < -0.3 is 0 Å². The van der Waals surface area contributed by atoms with Crippen LogP contribution in [0.1, 0.15) is 11.1 Å². The lowest BCUT2D eigenvalue weighted by molar-refractivity contribution is 0.627. The minimum atomic E-state index is -0.199. The Morgan fingerprint density at radius 1 is 1.06 bits per heavy atom. The molecule has 0 atom stereocenters. The first kappa shape index (κ1) is 12.9. The third-order valence-corrected chi connectivity index (χ3v) is 3.54. The molecule has 0 radical (unpaired) electrons. The molecule has 0 heterocycles. The summed E-state index contributed by atoms with van der Waals surface area (Å²) in [6.45, 7) is 6.13. The van der Waals surface area contributed by atoms with Gasteiger partial charge in [-0.2, -0.15) is 0 Å². The topological polar surface area (TPSA) is 0 Å². The van der Waals surface area contributed by atoms with E-state index in [-0.39, 0.29) is 5.82 Å². The third-order valence-electron chi connectivity index (χ3n) is 2.60. The van der Waals surface area contributed by atoms with Gasteiger partial charge in [-0.15, -0.1) is 0 Å². The zero-order valence-electron chi connectivity index (χ0n) is 10.3. The van der Waals surface area contributed by atoms with Crippen LogP contribution < -0.4 is 0 Å². The lowest BCUT2D eigenvalue weighted by atomic mass is 10.1. The largest absolute Gasteiger partial charge is 0.207 e. The second-order valence-electron chi connectivity index (χ2n) is 4.26. The van der Waals surface area contributed by atoms with Gasteiger partial charge in [-0.05, 0) is 41.7 Å². The normalized spacial score (nSPS) is 10.3. The average Bonchev–Trinajstić information content (AvgIpc) is 2.35. The summed E-state index contributed by atoms with van der Waals surface area (Å²) in [5.41, 5.74) is 2.34. The van der Waals surface area contributed by atoms with Crippen LogP contribution in [-0.2, 0) is 6.42 Å². The molecule has 0 aliphatic rings. The zero-order valence-corrected chi connectivity index (χ0v) is 11.1. The van der Waals surface area contributed by atoms with Crippen LogP contribution in [-0.4, -0.2) is 0 Å². The van der Waals surface area contributed by atoms with Gasteiger partial charge in [0.1, 0.15) is 5.82 Å². The molecular formula is C16H15FS. The molecule has 0 saturated carbocycles. The van der Waals surface area contributed by atoms with Crippen LogP contribution in [0.25, 0.3) is 0 Å². The highest BCUT2D eigenvalue weighted by atomic mass is 32.2. The summed E-state index contributed by atoms with van der Waals surface area (Å²) < 4.78 is 12.8. The molecule has 0 aliphatic heterocycles. The Labute approximate surface area is 112 Å². The molecular weight excluding hydrogens is 243 g/mol. The van der Waals surface area contributed by atoms with Gasteiger partial charge in [0, 0.05) is 11.3 Å². The fraction of sp³-hybridized carbons (Fsp3) is 0.125. The summed E-state index contributed by atoms with van der Waals surface area (Å²) in [6, 6.07) is 14.9. The van der Waals surface area contributed by atoms with Crippen molar-refractivity contribution >= 4 is 11.8 Å². The highest BCUT2D eigenvalue weighted by Crippen LogP contribution is 2.27. The molecule has 0 unspecified atom stereocenters. The number of benzene rings is 2. The minimum Gasteiger partial charge on any atom is -0.207 e. The Hall–Kier alpha value is -1.54. The number of hydrogen-bond donors (Lipinski definition) is 0. The maximum atomic E-state index is 12.8. The second kappa shape index (κ2) is 5.87. The van der Waals surface area contributed by atoms with E-state index in [1.807, 2.05) is 0 Å². The van der Waals surface area contributed by atoms with E-state index in [0.717, 1.165) is 16.9 Å². The van der Waals surface area contributed by atoms with E-state index in [1.54, 1.807) is 23.9 Å². The van der Waals surface area contributed by atoms with Gasteiger partial charge in [0.15, 0.2) is 0 Å². The van der Waals surface area contributed by atoms with Crippen molar-refractivity contribution in [3.63, 3.8) is 0 Å². The van der Waals surface area contributed by atoms with Gasteiger partial charge in [-0.1, -0.05) is 48.2 Å². The lowest BCUT2D eigenvalue weighted by Crippen LogP contribution is -1.86. The summed E-state index contributed by atoms with van der Waals surface area (Å²) in [5, 5.41) is 0. The van der Waals surface area contributed by atoms with Crippen LogP contribution >= 0.6 is 11.8 Å². The molecule has 0 aromatic heterocycles. The van der Waals surface area contributed by atoms with E-state index in [0.29, 0.717) is 0 Å². The van der Waals surface area contributed by atoms with Crippen LogP contribution in [0.5, 0.6) is 0 Å². The van der Waals surface area contributed by atoms with Gasteiger partial charge in [-0.3, -0.25) is 0 Å². The molecule has 92 valence electrons. The van der Waals surface area contributed by atoms with E-state index in [1.165, 1.54) is 22.6 Å². The first-order chi connectivity index (χ1) is 8.63. The lowest BCUT2D eigenvalue weighted by Gasteiger charge is -2.06. The van der Waals surface area contributed by atoms with Gasteiger partial charge in [0.05, 0.1) is 0 Å². The maximum Gasteiger partial charge on any atom is 0.123 e. The van der Waals surface area contributed by atoms with Crippen LogP contribution in [0.15, 0.2) is 64.9 Å². The summed E-state index contributed by atoms with van der Waals surface area (Å²) in [7, 11) is 0. The smallest absolute Gasteiger partial charge is 0.123 e. The van der Waals surface area contributed by atoms with Crippen molar-refractivity contribution in [2.24, 2.45) is 0 Å². The molecule has 2 aromatic rings. The van der Waals surface area contributed by atoms with Crippen LogP contribution in [0.3, 0.4) is 0 Å². The maximum absolute atomic E-state index is 12.8. The van der Waals surface area contributed by atoms with E-state index in [2.05, 4.69) is 37.8 Å². The average molecular weight is 258 g/mol. The molecule has 0 N–H and O–H groups in total. The second-order valence-corrected chi connectivity index (χ2v) is 5.51. The SMILES string of the molecule is C=C(Cc1ccc(F)cc1)Sc1ccc(C)cc1. The number of rotatable bonds is 4. The summed E-state index contributed by atoms with van der Waals surface area (Å²) in [4.78, 5) is 2.25. The molecule has 0 spiro atoms. The Kier molecular flexibility index (Phi) is 4.21. The van der Waals surface area contributed by atoms with Crippen molar-refractivity contribution in [1.82, 2.24) is 0 Å². The highest BCUT2D eigenvalue weighted by molar-refractivity contribution is 8.03. The van der Waals surface area contributed by atoms with Gasteiger partial charge in [-0.25, -0.2) is 4.39 Å². The molecule has 2 aromatic carbocycles. The van der Waals surface area contributed by atoms with Crippen LogP contribution in [0, 0.1) is 12.7 Å². The first-order valence-electron chi connectivity index (χ1n) is 5.80. The Bertz CT molecular complexity index is 477. The van der Waals surface area contributed by atoms with Crippen LogP contribution in [0.4, 0.5) is 4.39 Å². The molecule has 2 heteroatoms. The molecule has 18 heavy (non-hydrogen) atoms. The number of hydrogen-bond acceptors (Lipinski definition) is 1. The van der Waals surface area contributed by atoms with Gasteiger partial charge >= 0.3 is 0 Å². The predicted molar refractivity (Wildman–Crippen MR) is 76.3 cm³/mol. The summed E-state index contributed by atoms with van der Waals surface area (Å²) in [6.07, 6.45) is 0.763. The quantitative estimate of drug-likeness (QED) is 0.697. The number of thioether (sulfide) groups is 1. The predicted octanol–water partition coefficient (Wildman–Crippen LogP) is 4.98. The van der Waals surface area contributed by atoms with Crippen molar-refractivity contribution in [3.8, 4) is 0 Å². The van der Waals surface area contributed by atoms with Gasteiger partial charge in [0.2, 0.25) is 0 Å². The molecule has 0 nitrogen and oxygen atoms in total. The number of halogens is 1. The first-order valence-corrected chi connectivity index (χ1v) is 6.62. The Morgan fingerprint density at radius 3 is 2.28 bits per heavy atom.